The third-order valence-electron chi connectivity index (χ3n) is 3.90. The van der Waals surface area contributed by atoms with Gasteiger partial charge in [0.25, 0.3) is 5.91 Å². The van der Waals surface area contributed by atoms with Crippen molar-refractivity contribution in [3.63, 3.8) is 0 Å². The molecule has 1 saturated carbocycles. The Balaban J connectivity index is 1.98. The molecular formula is C16H21N3O3S. The van der Waals surface area contributed by atoms with Crippen LogP contribution in [0.3, 0.4) is 0 Å². The summed E-state index contributed by atoms with van der Waals surface area (Å²) in [7, 11) is -3.63. The Bertz CT molecular complexity index is 672. The number of carbonyl (C=O) groups excluding carboxylic acids is 1. The normalized spacial score (nSPS) is 15.8. The van der Waals surface area contributed by atoms with Crippen molar-refractivity contribution in [3.8, 4) is 6.07 Å². The first-order valence-electron chi connectivity index (χ1n) is 7.80. The van der Waals surface area contributed by atoms with Crippen LogP contribution >= 0.6 is 0 Å². The van der Waals surface area contributed by atoms with Gasteiger partial charge in [-0.05, 0) is 37.1 Å². The fraction of sp³-hybridized carbons (Fsp3) is 0.500. The Morgan fingerprint density at radius 3 is 2.43 bits per heavy atom. The van der Waals surface area contributed by atoms with Crippen LogP contribution in [0, 0.1) is 11.3 Å². The fourth-order valence-corrected chi connectivity index (χ4v) is 3.66. The molecule has 0 heterocycles. The first kappa shape index (κ1) is 17.4. The average molecular weight is 335 g/mol. The Labute approximate surface area is 136 Å². The molecule has 1 aliphatic carbocycles. The predicted octanol–water partition coefficient (Wildman–Crippen LogP) is 1.94. The average Bonchev–Trinajstić information content (AvgIpc) is 2.56. The van der Waals surface area contributed by atoms with Crippen molar-refractivity contribution in [2.24, 2.45) is 0 Å². The van der Waals surface area contributed by atoms with Crippen molar-refractivity contribution in [1.82, 2.24) is 10.0 Å². The van der Waals surface area contributed by atoms with Gasteiger partial charge in [-0.25, -0.2) is 13.1 Å². The number of nitrogens with one attached hydrogen (secondary N) is 2. The number of amides is 1. The maximum absolute atomic E-state index is 12.2. The highest BCUT2D eigenvalue weighted by Crippen LogP contribution is 2.18. The number of rotatable bonds is 6. The van der Waals surface area contributed by atoms with Gasteiger partial charge in [-0.1, -0.05) is 19.3 Å². The number of nitrogens with zero attached hydrogens (tertiary/aromatic N) is 1. The molecule has 1 amide bonds. The van der Waals surface area contributed by atoms with Crippen LogP contribution < -0.4 is 10.0 Å². The number of hydrogen-bond acceptors (Lipinski definition) is 4. The Morgan fingerprint density at radius 2 is 1.83 bits per heavy atom. The molecule has 0 aromatic heterocycles. The lowest BCUT2D eigenvalue weighted by Crippen LogP contribution is -2.36. The summed E-state index contributed by atoms with van der Waals surface area (Å²) in [5, 5.41) is 11.4. The third-order valence-corrected chi connectivity index (χ3v) is 5.37. The maximum Gasteiger partial charge on any atom is 0.251 e. The first-order valence-corrected chi connectivity index (χ1v) is 9.29. The van der Waals surface area contributed by atoms with Crippen molar-refractivity contribution < 1.29 is 13.2 Å². The molecule has 6 nitrogen and oxygen atoms in total. The highest BCUT2D eigenvalue weighted by atomic mass is 32.2. The van der Waals surface area contributed by atoms with E-state index in [1.165, 1.54) is 30.7 Å². The largest absolute Gasteiger partial charge is 0.349 e. The van der Waals surface area contributed by atoms with Crippen molar-refractivity contribution in [2.75, 3.05) is 6.54 Å². The lowest BCUT2D eigenvalue weighted by atomic mass is 9.95. The topological polar surface area (TPSA) is 99.1 Å². The molecule has 1 aromatic carbocycles. The molecule has 0 atom stereocenters. The number of hydrogen-bond donors (Lipinski definition) is 2. The minimum atomic E-state index is -3.63. The van der Waals surface area contributed by atoms with Crippen molar-refractivity contribution in [2.45, 2.75) is 49.5 Å². The van der Waals surface area contributed by atoms with Crippen LogP contribution in [0.2, 0.25) is 0 Å². The summed E-state index contributed by atoms with van der Waals surface area (Å²) >= 11 is 0. The van der Waals surface area contributed by atoms with Gasteiger partial charge in [0.15, 0.2) is 0 Å². The number of sulfonamides is 1. The van der Waals surface area contributed by atoms with E-state index in [1.807, 2.05) is 6.07 Å². The van der Waals surface area contributed by atoms with Crippen LogP contribution in [-0.4, -0.2) is 26.9 Å². The van der Waals surface area contributed by atoms with Crippen molar-refractivity contribution in [3.05, 3.63) is 29.8 Å². The van der Waals surface area contributed by atoms with Gasteiger partial charge in [0.05, 0.1) is 11.0 Å². The predicted molar refractivity (Wildman–Crippen MR) is 86.2 cm³/mol. The van der Waals surface area contributed by atoms with E-state index in [0.29, 0.717) is 5.56 Å². The first-order chi connectivity index (χ1) is 11.0. The maximum atomic E-state index is 12.2. The van der Waals surface area contributed by atoms with E-state index >= 15 is 0 Å². The molecule has 1 fully saturated rings. The van der Waals surface area contributed by atoms with E-state index in [2.05, 4.69) is 10.0 Å². The van der Waals surface area contributed by atoms with E-state index in [4.69, 9.17) is 5.26 Å². The van der Waals surface area contributed by atoms with Crippen LogP contribution in [0.15, 0.2) is 29.2 Å². The number of nitriles is 1. The van der Waals surface area contributed by atoms with Crippen LogP contribution in [0.4, 0.5) is 0 Å². The lowest BCUT2D eigenvalue weighted by molar-refractivity contribution is 0.0927. The van der Waals surface area contributed by atoms with Crippen molar-refractivity contribution in [1.29, 1.82) is 5.26 Å². The molecule has 23 heavy (non-hydrogen) atoms. The molecule has 7 heteroatoms. The summed E-state index contributed by atoms with van der Waals surface area (Å²) < 4.78 is 26.3. The van der Waals surface area contributed by atoms with E-state index in [1.54, 1.807) is 0 Å². The Morgan fingerprint density at radius 1 is 1.17 bits per heavy atom. The standard InChI is InChI=1S/C16H21N3O3S/c17-11-4-12-18-23(21,22)15-9-7-13(8-10-15)16(20)19-14-5-2-1-3-6-14/h7-10,14,18H,1-6,12H2,(H,19,20). The summed E-state index contributed by atoms with van der Waals surface area (Å²) in [6.45, 7) is 0.0722. The van der Waals surface area contributed by atoms with Gasteiger partial charge in [0.2, 0.25) is 10.0 Å². The Hall–Kier alpha value is -1.91. The molecule has 0 radical (unpaired) electrons. The van der Waals surface area contributed by atoms with Crippen LogP contribution in [0.1, 0.15) is 48.9 Å². The molecule has 0 aliphatic heterocycles. The summed E-state index contributed by atoms with van der Waals surface area (Å²) in [6.07, 6.45) is 5.61. The molecule has 0 bridgehead atoms. The SMILES string of the molecule is N#CCCNS(=O)(=O)c1ccc(C(=O)NC2CCCCC2)cc1. The minimum Gasteiger partial charge on any atom is -0.349 e. The zero-order valence-electron chi connectivity index (χ0n) is 12.9. The fourth-order valence-electron chi connectivity index (χ4n) is 2.63. The zero-order valence-corrected chi connectivity index (χ0v) is 13.7. The summed E-state index contributed by atoms with van der Waals surface area (Å²) in [4.78, 5) is 12.3. The highest BCUT2D eigenvalue weighted by molar-refractivity contribution is 7.89. The highest BCUT2D eigenvalue weighted by Gasteiger charge is 2.18. The van der Waals surface area contributed by atoms with E-state index in [0.717, 1.165) is 25.7 Å². The van der Waals surface area contributed by atoms with E-state index in [9.17, 15) is 13.2 Å². The molecule has 0 spiro atoms. The Kier molecular flexibility index (Phi) is 6.13. The molecule has 124 valence electrons. The second-order valence-corrected chi connectivity index (χ2v) is 7.41. The second kappa shape index (κ2) is 8.09. The van der Waals surface area contributed by atoms with Crippen LogP contribution in [-0.2, 0) is 10.0 Å². The smallest absolute Gasteiger partial charge is 0.251 e. The monoisotopic (exact) mass is 335 g/mol. The van der Waals surface area contributed by atoms with Gasteiger partial charge in [-0.3, -0.25) is 4.79 Å². The molecular weight excluding hydrogens is 314 g/mol. The van der Waals surface area contributed by atoms with Gasteiger partial charge in [0, 0.05) is 24.6 Å². The van der Waals surface area contributed by atoms with Gasteiger partial charge in [0.1, 0.15) is 0 Å². The molecule has 0 saturated heterocycles. The third kappa shape index (κ3) is 5.05. The molecule has 2 N–H and O–H groups in total. The van der Waals surface area contributed by atoms with Crippen molar-refractivity contribution >= 4 is 15.9 Å². The lowest BCUT2D eigenvalue weighted by Gasteiger charge is -2.22. The minimum absolute atomic E-state index is 0.0722. The van der Waals surface area contributed by atoms with Crippen LogP contribution in [0.5, 0.6) is 0 Å². The molecule has 2 rings (SSSR count). The molecule has 1 aliphatic rings. The van der Waals surface area contributed by atoms with Gasteiger partial charge < -0.3 is 5.32 Å². The summed E-state index contributed by atoms with van der Waals surface area (Å²) in [5.74, 6) is -0.168. The van der Waals surface area contributed by atoms with E-state index in [-0.39, 0.29) is 29.8 Å². The van der Waals surface area contributed by atoms with Gasteiger partial charge in [-0.15, -0.1) is 0 Å². The van der Waals surface area contributed by atoms with Gasteiger partial charge >= 0.3 is 0 Å². The quantitative estimate of drug-likeness (QED) is 0.776. The number of benzene rings is 1. The van der Waals surface area contributed by atoms with Gasteiger partial charge in [-0.2, -0.15) is 5.26 Å². The molecule has 0 unspecified atom stereocenters. The summed E-state index contributed by atoms with van der Waals surface area (Å²) in [5.41, 5.74) is 0.451. The van der Waals surface area contributed by atoms with Crippen LogP contribution in [0.25, 0.3) is 0 Å². The van der Waals surface area contributed by atoms with E-state index < -0.39 is 10.0 Å². The summed E-state index contributed by atoms with van der Waals surface area (Å²) in [6, 6.07) is 7.93. The second-order valence-electron chi connectivity index (χ2n) is 5.64. The molecule has 1 aromatic rings. The number of carbonyl (C=O) groups is 1. The zero-order chi connectivity index (χ0) is 16.7.